The van der Waals surface area contributed by atoms with Gasteiger partial charge in [0.15, 0.2) is 0 Å². The Morgan fingerprint density at radius 3 is 2.89 bits per heavy atom. The van der Waals surface area contributed by atoms with E-state index in [2.05, 4.69) is 14.9 Å². The van der Waals surface area contributed by atoms with Gasteiger partial charge in [-0.1, -0.05) is 23.5 Å². The third-order valence-electron chi connectivity index (χ3n) is 4.42. The molecule has 4 rings (SSSR count). The molecular formula is C19H19FN4O2S. The quantitative estimate of drug-likeness (QED) is 0.609. The number of likely N-dealkylation sites (N-methyl/N-ethyl adjacent to an activating group) is 1. The molecule has 8 heteroatoms. The first kappa shape index (κ1) is 17.8. The minimum Gasteiger partial charge on any atom is -0.431 e. The van der Waals surface area contributed by atoms with Crippen LogP contribution in [0.1, 0.15) is 12.5 Å². The topological polar surface area (TPSA) is 58.3 Å². The summed E-state index contributed by atoms with van der Waals surface area (Å²) in [7, 11) is 2.05. The predicted octanol–water partition coefficient (Wildman–Crippen LogP) is 3.29. The summed E-state index contributed by atoms with van der Waals surface area (Å²) in [4.78, 5) is 24.3. The Balaban J connectivity index is 1.34. The summed E-state index contributed by atoms with van der Waals surface area (Å²) in [5, 5.41) is 0.436. The van der Waals surface area contributed by atoms with E-state index in [-0.39, 0.29) is 5.91 Å². The van der Waals surface area contributed by atoms with Gasteiger partial charge in [0.1, 0.15) is 21.9 Å². The molecule has 3 heterocycles. The zero-order chi connectivity index (χ0) is 19.0. The number of hydrogen-bond acceptors (Lipinski definition) is 6. The largest absolute Gasteiger partial charge is 0.431 e. The lowest BCUT2D eigenvalue weighted by Gasteiger charge is -2.16. The molecule has 1 fully saturated rings. The highest BCUT2D eigenvalue weighted by atomic mass is 32.1. The van der Waals surface area contributed by atoms with Gasteiger partial charge in [-0.2, -0.15) is 0 Å². The van der Waals surface area contributed by atoms with E-state index in [9.17, 15) is 9.18 Å². The maximum absolute atomic E-state index is 13.2. The van der Waals surface area contributed by atoms with E-state index < -0.39 is 5.82 Å². The number of rotatable bonds is 6. The van der Waals surface area contributed by atoms with Crippen molar-refractivity contribution in [2.24, 2.45) is 0 Å². The highest BCUT2D eigenvalue weighted by Gasteiger charge is 2.36. The highest BCUT2D eigenvalue weighted by molar-refractivity contribution is 7.19. The Hall–Kier alpha value is -2.58. The summed E-state index contributed by atoms with van der Waals surface area (Å²) < 4.78 is 19.0. The maximum atomic E-state index is 13.2. The molecule has 0 aliphatic carbocycles. The summed E-state index contributed by atoms with van der Waals surface area (Å²) in [6.45, 7) is 4.13. The van der Waals surface area contributed by atoms with Crippen molar-refractivity contribution in [1.29, 1.82) is 0 Å². The summed E-state index contributed by atoms with van der Waals surface area (Å²) in [6.07, 6.45) is 1.17. The second kappa shape index (κ2) is 7.21. The van der Waals surface area contributed by atoms with Gasteiger partial charge in [-0.3, -0.25) is 4.79 Å². The lowest BCUT2D eigenvalue weighted by molar-refractivity contribution is -0.124. The molecule has 1 aromatic carbocycles. The van der Waals surface area contributed by atoms with Gasteiger partial charge >= 0.3 is 0 Å². The van der Waals surface area contributed by atoms with Gasteiger partial charge < -0.3 is 14.5 Å². The fourth-order valence-corrected chi connectivity index (χ4v) is 3.81. The van der Waals surface area contributed by atoms with Crippen molar-refractivity contribution in [2.45, 2.75) is 19.5 Å². The van der Waals surface area contributed by atoms with E-state index in [0.717, 1.165) is 25.2 Å². The van der Waals surface area contributed by atoms with E-state index in [4.69, 9.17) is 4.74 Å². The molecule has 0 radical (unpaired) electrons. The number of amides is 1. The van der Waals surface area contributed by atoms with Crippen LogP contribution >= 0.6 is 11.3 Å². The van der Waals surface area contributed by atoms with Crippen LogP contribution in [-0.4, -0.2) is 51.9 Å². The molecule has 1 amide bonds. The predicted molar refractivity (Wildman–Crippen MR) is 101 cm³/mol. The number of hydrogen-bond donors (Lipinski definition) is 0. The molecule has 0 unspecified atom stereocenters. The monoisotopic (exact) mass is 386 g/mol. The lowest BCUT2D eigenvalue weighted by atomic mass is 10.2. The number of nitrogens with zero attached hydrogens (tertiary/aromatic N) is 4. The maximum Gasteiger partial charge on any atom is 0.281 e. The number of halogens is 1. The Bertz CT molecular complexity index is 976. The Morgan fingerprint density at radius 2 is 2.19 bits per heavy atom. The average Bonchev–Trinajstić information content (AvgIpc) is 3.27. The van der Waals surface area contributed by atoms with Crippen LogP contribution < -0.4 is 4.74 Å². The van der Waals surface area contributed by atoms with Crippen molar-refractivity contribution in [2.75, 3.05) is 20.1 Å². The fourth-order valence-electron chi connectivity index (χ4n) is 3.04. The summed E-state index contributed by atoms with van der Waals surface area (Å²) in [6, 6.07) is 9.48. The summed E-state index contributed by atoms with van der Waals surface area (Å²) in [5.74, 6) is 0.402. The van der Waals surface area contributed by atoms with Crippen molar-refractivity contribution >= 4 is 27.6 Å². The number of pyridine rings is 1. The summed E-state index contributed by atoms with van der Waals surface area (Å²) in [5.41, 5.74) is 1.65. The molecule has 2 aromatic heterocycles. The lowest BCUT2D eigenvalue weighted by Crippen LogP contribution is -2.25. The molecule has 1 aliphatic rings. The molecule has 0 bridgehead atoms. The van der Waals surface area contributed by atoms with Gasteiger partial charge in [-0.05, 0) is 24.7 Å². The second-order valence-electron chi connectivity index (χ2n) is 6.73. The third-order valence-corrected chi connectivity index (χ3v) is 5.27. The van der Waals surface area contributed by atoms with Gasteiger partial charge in [-0.15, -0.1) is 0 Å². The number of benzene rings is 1. The second-order valence-corrected chi connectivity index (χ2v) is 7.67. The van der Waals surface area contributed by atoms with Crippen molar-refractivity contribution in [1.82, 2.24) is 19.8 Å². The highest BCUT2D eigenvalue weighted by Crippen LogP contribution is 2.30. The number of ether oxygens (including phenoxy) is 1. The SMILES string of the molecule is CC(=O)N1C[C@H]1CN(C)Cc1ccc(Oc2nc3cc(F)cnc3s2)cc1. The standard InChI is InChI=1S/C19H19FN4O2S/c1-12(25)24-11-15(24)10-23(2)9-13-3-5-16(6-4-13)26-19-22-17-7-14(20)8-21-18(17)27-19/h3-8,15H,9-11H2,1-2H3/t15-,24?/m1/s1. The molecular weight excluding hydrogens is 367 g/mol. The van der Waals surface area contributed by atoms with E-state index >= 15 is 0 Å². The Kier molecular flexibility index (Phi) is 4.75. The zero-order valence-corrected chi connectivity index (χ0v) is 15.9. The van der Waals surface area contributed by atoms with Gasteiger partial charge in [0.05, 0.1) is 12.2 Å². The van der Waals surface area contributed by atoms with Gasteiger partial charge in [0.2, 0.25) is 5.91 Å². The molecule has 27 heavy (non-hydrogen) atoms. The molecule has 6 nitrogen and oxygen atoms in total. The first-order valence-electron chi connectivity index (χ1n) is 8.62. The van der Waals surface area contributed by atoms with Crippen molar-refractivity contribution in [3.05, 3.63) is 47.9 Å². The Labute approximate surface area is 160 Å². The zero-order valence-electron chi connectivity index (χ0n) is 15.1. The minimum atomic E-state index is -0.412. The minimum absolute atomic E-state index is 0.141. The van der Waals surface area contributed by atoms with Crippen LogP contribution in [0.2, 0.25) is 0 Å². The van der Waals surface area contributed by atoms with Crippen LogP contribution in [0.4, 0.5) is 4.39 Å². The van der Waals surface area contributed by atoms with Crippen molar-refractivity contribution < 1.29 is 13.9 Å². The van der Waals surface area contributed by atoms with Crippen LogP contribution in [0.25, 0.3) is 10.3 Å². The number of thiazole rings is 1. The van der Waals surface area contributed by atoms with E-state index in [0.29, 0.717) is 27.3 Å². The van der Waals surface area contributed by atoms with E-state index in [1.54, 1.807) is 6.92 Å². The first-order chi connectivity index (χ1) is 13.0. The van der Waals surface area contributed by atoms with Crippen LogP contribution in [0.5, 0.6) is 10.9 Å². The first-order valence-corrected chi connectivity index (χ1v) is 9.44. The molecule has 0 saturated carbocycles. The van der Waals surface area contributed by atoms with Gasteiger partial charge in [-0.25, -0.2) is 14.4 Å². The number of carbonyl (C=O) groups is 1. The number of aromatic nitrogens is 2. The average molecular weight is 386 g/mol. The molecule has 1 saturated heterocycles. The van der Waals surface area contributed by atoms with Gasteiger partial charge in [0.25, 0.3) is 5.19 Å². The van der Waals surface area contributed by atoms with Crippen LogP contribution in [0.3, 0.4) is 0 Å². The molecule has 3 aromatic rings. The van der Waals surface area contributed by atoms with E-state index in [1.807, 2.05) is 36.2 Å². The molecule has 0 spiro atoms. The van der Waals surface area contributed by atoms with Crippen molar-refractivity contribution in [3.63, 3.8) is 0 Å². The van der Waals surface area contributed by atoms with Gasteiger partial charge in [0, 0.05) is 32.6 Å². The number of fused-ring (bicyclic) bond motifs is 1. The molecule has 1 aliphatic heterocycles. The third kappa shape index (κ3) is 4.23. The van der Waals surface area contributed by atoms with Crippen LogP contribution in [0, 0.1) is 5.82 Å². The molecule has 1 atom stereocenters. The molecule has 140 valence electrons. The summed E-state index contributed by atoms with van der Waals surface area (Å²) >= 11 is 1.28. The van der Waals surface area contributed by atoms with E-state index in [1.165, 1.54) is 23.6 Å². The van der Waals surface area contributed by atoms with Crippen molar-refractivity contribution in [3.8, 4) is 10.9 Å². The van der Waals surface area contributed by atoms with Crippen LogP contribution in [0.15, 0.2) is 36.5 Å². The normalized spacial score (nSPS) is 16.1. The number of carbonyl (C=O) groups excluding carboxylic acids is 1. The smallest absolute Gasteiger partial charge is 0.281 e. The fraction of sp³-hybridized carbons (Fsp3) is 0.316. The molecule has 0 N–H and O–H groups in total. The van der Waals surface area contributed by atoms with Crippen LogP contribution in [-0.2, 0) is 11.3 Å². The Morgan fingerprint density at radius 1 is 1.41 bits per heavy atom.